The summed E-state index contributed by atoms with van der Waals surface area (Å²) in [4.78, 5) is 13.9. The maximum Gasteiger partial charge on any atom is 0.317 e. The van der Waals surface area contributed by atoms with E-state index >= 15 is 0 Å². The Morgan fingerprint density at radius 1 is 1.38 bits per heavy atom. The lowest BCUT2D eigenvalue weighted by molar-refractivity contribution is 0.117. The highest BCUT2D eigenvalue weighted by atomic mass is 19.1. The summed E-state index contributed by atoms with van der Waals surface area (Å²) in [5.41, 5.74) is 0.624. The average molecular weight is 294 g/mol. The van der Waals surface area contributed by atoms with Gasteiger partial charge in [0.2, 0.25) is 0 Å². The molecule has 1 unspecified atom stereocenters. The number of hydrogen-bond acceptors (Lipinski definition) is 2. The highest BCUT2D eigenvalue weighted by Crippen LogP contribution is 2.29. The Morgan fingerprint density at radius 3 is 2.52 bits per heavy atom. The Bertz CT molecular complexity index is 472. The Labute approximate surface area is 125 Å². The number of nitrogens with one attached hydrogen (secondary N) is 1. The molecule has 4 nitrogen and oxygen atoms in total. The maximum absolute atomic E-state index is 12.9. The van der Waals surface area contributed by atoms with Crippen LogP contribution in [0.5, 0.6) is 0 Å². The van der Waals surface area contributed by atoms with E-state index < -0.39 is 6.10 Å². The van der Waals surface area contributed by atoms with Crippen LogP contribution in [0.4, 0.5) is 9.18 Å². The fourth-order valence-electron chi connectivity index (χ4n) is 2.15. The normalized spacial score (nSPS) is 15.9. The summed E-state index contributed by atoms with van der Waals surface area (Å²) >= 11 is 0. The van der Waals surface area contributed by atoms with E-state index in [4.69, 9.17) is 0 Å². The number of hydrogen-bond donors (Lipinski definition) is 2. The van der Waals surface area contributed by atoms with Gasteiger partial charge in [0.1, 0.15) is 5.82 Å². The molecule has 0 spiro atoms. The summed E-state index contributed by atoms with van der Waals surface area (Å²) in [5, 5.41) is 13.1. The third-order valence-corrected chi connectivity index (χ3v) is 3.53. The van der Waals surface area contributed by atoms with E-state index in [2.05, 4.69) is 5.32 Å². The fraction of sp³-hybridized carbons (Fsp3) is 0.562. The van der Waals surface area contributed by atoms with Gasteiger partial charge < -0.3 is 15.3 Å². The molecule has 2 N–H and O–H groups in total. The first-order chi connectivity index (χ1) is 9.97. The van der Waals surface area contributed by atoms with Gasteiger partial charge in [-0.15, -0.1) is 0 Å². The zero-order chi connectivity index (χ0) is 15.4. The topological polar surface area (TPSA) is 52.6 Å². The molecular formula is C16H23FN2O2. The summed E-state index contributed by atoms with van der Waals surface area (Å²) in [6, 6.07) is 5.82. The molecule has 0 heterocycles. The molecule has 1 fully saturated rings. The number of nitrogens with zero attached hydrogens (tertiary/aromatic N) is 1. The largest absolute Gasteiger partial charge is 0.387 e. The van der Waals surface area contributed by atoms with Gasteiger partial charge in [-0.3, -0.25) is 0 Å². The van der Waals surface area contributed by atoms with Crippen LogP contribution in [0.2, 0.25) is 0 Å². The molecule has 0 bridgehead atoms. The lowest BCUT2D eigenvalue weighted by Crippen LogP contribution is -2.44. The predicted molar refractivity (Wildman–Crippen MR) is 79.3 cm³/mol. The summed E-state index contributed by atoms with van der Waals surface area (Å²) in [5.74, 6) is 0.0525. The van der Waals surface area contributed by atoms with E-state index in [1.54, 1.807) is 17.0 Å². The zero-order valence-corrected chi connectivity index (χ0v) is 12.6. The van der Waals surface area contributed by atoms with E-state index in [1.165, 1.54) is 12.1 Å². The number of urea groups is 1. The highest BCUT2D eigenvalue weighted by Gasteiger charge is 2.33. The molecule has 0 radical (unpaired) electrons. The second-order valence-electron chi connectivity index (χ2n) is 6.03. The van der Waals surface area contributed by atoms with Crippen LogP contribution < -0.4 is 5.32 Å². The van der Waals surface area contributed by atoms with Crippen molar-refractivity contribution < 1.29 is 14.3 Å². The van der Waals surface area contributed by atoms with Crippen LogP contribution in [-0.4, -0.2) is 35.2 Å². The molecule has 1 aliphatic carbocycles. The second-order valence-corrected chi connectivity index (χ2v) is 6.03. The third kappa shape index (κ3) is 4.70. The van der Waals surface area contributed by atoms with Gasteiger partial charge in [0.25, 0.3) is 0 Å². The number of carbonyl (C=O) groups is 1. The summed E-state index contributed by atoms with van der Waals surface area (Å²) < 4.78 is 12.9. The Hall–Kier alpha value is -1.62. The molecule has 5 heteroatoms. The predicted octanol–water partition coefficient (Wildman–Crippen LogP) is 2.69. The molecule has 116 valence electrons. The van der Waals surface area contributed by atoms with Crippen LogP contribution in [0.15, 0.2) is 24.3 Å². The lowest BCUT2D eigenvalue weighted by atomic mass is 10.1. The first-order valence-corrected chi connectivity index (χ1v) is 7.45. The molecule has 1 saturated carbocycles. The van der Waals surface area contributed by atoms with Gasteiger partial charge in [-0.1, -0.05) is 26.0 Å². The average Bonchev–Trinajstić information content (AvgIpc) is 3.27. The minimum absolute atomic E-state index is 0.132. The summed E-state index contributed by atoms with van der Waals surface area (Å²) in [7, 11) is 0. The number of rotatable bonds is 6. The van der Waals surface area contributed by atoms with Gasteiger partial charge >= 0.3 is 6.03 Å². The number of aliphatic hydroxyl groups excluding tert-OH is 1. The van der Waals surface area contributed by atoms with Gasteiger partial charge in [-0.2, -0.15) is 0 Å². The lowest BCUT2D eigenvalue weighted by Gasteiger charge is -2.26. The monoisotopic (exact) mass is 294 g/mol. The SMILES string of the molecule is CC(C)CNC(=O)N(CC(O)c1ccc(F)cc1)C1CC1. The van der Waals surface area contributed by atoms with Crippen molar-refractivity contribution in [2.45, 2.75) is 38.8 Å². The van der Waals surface area contributed by atoms with Crippen LogP contribution in [0, 0.1) is 11.7 Å². The van der Waals surface area contributed by atoms with E-state index in [-0.39, 0.29) is 24.4 Å². The number of carbonyl (C=O) groups excluding carboxylic acids is 1. The summed E-state index contributed by atoms with van der Waals surface area (Å²) in [6.07, 6.45) is 1.16. The van der Waals surface area contributed by atoms with Crippen molar-refractivity contribution in [3.05, 3.63) is 35.6 Å². The van der Waals surface area contributed by atoms with Crippen LogP contribution in [0.1, 0.15) is 38.4 Å². The number of benzene rings is 1. The molecule has 2 amide bonds. The van der Waals surface area contributed by atoms with E-state index in [0.717, 1.165) is 12.8 Å². The standard InChI is InChI=1S/C16H23FN2O2/c1-11(2)9-18-16(21)19(14-7-8-14)10-15(20)12-3-5-13(17)6-4-12/h3-6,11,14-15,20H,7-10H2,1-2H3,(H,18,21). The molecule has 1 aliphatic rings. The first kappa shape index (κ1) is 15.8. The van der Waals surface area contributed by atoms with Gasteiger partial charge in [-0.25, -0.2) is 9.18 Å². The third-order valence-electron chi connectivity index (χ3n) is 3.53. The molecule has 2 rings (SSSR count). The van der Waals surface area contributed by atoms with Gasteiger partial charge in [0.05, 0.1) is 12.6 Å². The van der Waals surface area contributed by atoms with Gasteiger partial charge in [-0.05, 0) is 36.5 Å². The Kier molecular flexibility index (Phi) is 5.17. The van der Waals surface area contributed by atoms with Gasteiger partial charge in [0.15, 0.2) is 0 Å². The molecule has 21 heavy (non-hydrogen) atoms. The van der Waals surface area contributed by atoms with Crippen molar-refractivity contribution in [2.24, 2.45) is 5.92 Å². The van der Waals surface area contributed by atoms with Crippen molar-refractivity contribution in [3.8, 4) is 0 Å². The second kappa shape index (κ2) is 6.89. The summed E-state index contributed by atoms with van der Waals surface area (Å²) in [6.45, 7) is 4.93. The van der Waals surface area contributed by atoms with Gasteiger partial charge in [0, 0.05) is 12.6 Å². The van der Waals surface area contributed by atoms with Crippen molar-refractivity contribution in [2.75, 3.05) is 13.1 Å². The minimum atomic E-state index is -0.795. The zero-order valence-electron chi connectivity index (χ0n) is 12.6. The van der Waals surface area contributed by atoms with Crippen LogP contribution >= 0.6 is 0 Å². The molecule has 0 aromatic heterocycles. The maximum atomic E-state index is 12.9. The van der Waals surface area contributed by atoms with Crippen LogP contribution in [0.25, 0.3) is 0 Å². The Balaban J connectivity index is 1.95. The Morgan fingerprint density at radius 2 is 2.00 bits per heavy atom. The van der Waals surface area contributed by atoms with Crippen LogP contribution in [0.3, 0.4) is 0 Å². The molecule has 1 aromatic rings. The van der Waals surface area contributed by atoms with Crippen molar-refractivity contribution in [1.29, 1.82) is 0 Å². The molecular weight excluding hydrogens is 271 g/mol. The molecule has 1 atom stereocenters. The van der Waals surface area contributed by atoms with Crippen molar-refractivity contribution >= 4 is 6.03 Å². The fourth-order valence-corrected chi connectivity index (χ4v) is 2.15. The number of halogens is 1. The molecule has 0 aliphatic heterocycles. The minimum Gasteiger partial charge on any atom is -0.387 e. The van der Waals surface area contributed by atoms with E-state index in [1.807, 2.05) is 13.8 Å². The quantitative estimate of drug-likeness (QED) is 0.847. The van der Waals surface area contributed by atoms with Crippen molar-refractivity contribution in [3.63, 3.8) is 0 Å². The van der Waals surface area contributed by atoms with Crippen molar-refractivity contribution in [1.82, 2.24) is 10.2 Å². The molecule has 0 saturated heterocycles. The van der Waals surface area contributed by atoms with E-state index in [9.17, 15) is 14.3 Å². The smallest absolute Gasteiger partial charge is 0.317 e. The highest BCUT2D eigenvalue weighted by molar-refractivity contribution is 5.75. The number of amides is 2. The first-order valence-electron chi connectivity index (χ1n) is 7.45. The van der Waals surface area contributed by atoms with E-state index in [0.29, 0.717) is 18.0 Å². The molecule has 1 aromatic carbocycles. The number of aliphatic hydroxyl groups is 1. The van der Waals surface area contributed by atoms with Crippen LogP contribution in [-0.2, 0) is 0 Å².